The van der Waals surface area contributed by atoms with Gasteiger partial charge in [-0.1, -0.05) is 6.08 Å². The zero-order chi connectivity index (χ0) is 17.7. The molecule has 0 radical (unpaired) electrons. The lowest BCUT2D eigenvalue weighted by Gasteiger charge is -2.14. The van der Waals surface area contributed by atoms with E-state index in [9.17, 15) is 14.7 Å². The molecule has 2 N–H and O–H groups in total. The van der Waals surface area contributed by atoms with Crippen LogP contribution in [0.1, 0.15) is 30.7 Å². The number of allylic oxidation sites excluding steroid dienone is 1. The molecule has 0 aliphatic heterocycles. The van der Waals surface area contributed by atoms with Crippen LogP contribution >= 0.6 is 0 Å². The SMILES string of the molecule is C=CCCC(NC(=O)C1CC1c1cc(OC)ccc1OC)C(=O)O. The van der Waals surface area contributed by atoms with Gasteiger partial charge in [0.25, 0.3) is 0 Å². The van der Waals surface area contributed by atoms with E-state index in [1.807, 2.05) is 12.1 Å². The zero-order valence-corrected chi connectivity index (χ0v) is 14.0. The predicted octanol–water partition coefficient (Wildman–Crippen LogP) is 2.34. The quantitative estimate of drug-likeness (QED) is 0.678. The molecule has 1 fully saturated rings. The second-order valence-corrected chi connectivity index (χ2v) is 5.82. The van der Waals surface area contributed by atoms with E-state index in [1.165, 1.54) is 0 Å². The van der Waals surface area contributed by atoms with E-state index in [0.29, 0.717) is 30.8 Å². The van der Waals surface area contributed by atoms with Gasteiger partial charge in [-0.15, -0.1) is 6.58 Å². The molecule has 1 saturated carbocycles. The Morgan fingerprint density at radius 3 is 2.75 bits per heavy atom. The van der Waals surface area contributed by atoms with Crippen LogP contribution in [-0.2, 0) is 9.59 Å². The number of carbonyl (C=O) groups is 2. The van der Waals surface area contributed by atoms with Crippen LogP contribution in [0.4, 0.5) is 0 Å². The highest BCUT2D eigenvalue weighted by molar-refractivity contribution is 5.87. The lowest BCUT2D eigenvalue weighted by molar-refractivity contribution is -0.142. The summed E-state index contributed by atoms with van der Waals surface area (Å²) in [7, 11) is 3.16. The highest BCUT2D eigenvalue weighted by Crippen LogP contribution is 2.51. The third kappa shape index (κ3) is 4.07. The van der Waals surface area contributed by atoms with Crippen molar-refractivity contribution in [2.24, 2.45) is 5.92 Å². The number of carboxylic acid groups (broad SMARTS) is 1. The molecular formula is C18H23NO5. The molecule has 130 valence electrons. The Labute approximate surface area is 141 Å². The van der Waals surface area contributed by atoms with Crippen molar-refractivity contribution in [3.8, 4) is 11.5 Å². The van der Waals surface area contributed by atoms with E-state index < -0.39 is 12.0 Å². The van der Waals surface area contributed by atoms with Crippen LogP contribution in [0.2, 0.25) is 0 Å². The second-order valence-electron chi connectivity index (χ2n) is 5.82. The molecule has 2 rings (SSSR count). The van der Waals surface area contributed by atoms with Crippen molar-refractivity contribution in [2.45, 2.75) is 31.2 Å². The van der Waals surface area contributed by atoms with Crippen LogP contribution in [-0.4, -0.2) is 37.2 Å². The van der Waals surface area contributed by atoms with Gasteiger partial charge >= 0.3 is 5.97 Å². The van der Waals surface area contributed by atoms with Gasteiger partial charge in [0.05, 0.1) is 14.2 Å². The molecule has 1 amide bonds. The number of benzene rings is 1. The molecule has 1 aliphatic carbocycles. The first-order chi connectivity index (χ1) is 11.5. The average molecular weight is 333 g/mol. The van der Waals surface area contributed by atoms with Crippen molar-refractivity contribution in [2.75, 3.05) is 14.2 Å². The van der Waals surface area contributed by atoms with Gasteiger partial charge in [0, 0.05) is 17.4 Å². The van der Waals surface area contributed by atoms with Crippen LogP contribution in [0.3, 0.4) is 0 Å². The second kappa shape index (κ2) is 7.86. The zero-order valence-electron chi connectivity index (χ0n) is 14.0. The molecule has 24 heavy (non-hydrogen) atoms. The van der Waals surface area contributed by atoms with Gasteiger partial charge in [0.1, 0.15) is 17.5 Å². The summed E-state index contributed by atoms with van der Waals surface area (Å²) in [5.41, 5.74) is 0.912. The third-order valence-electron chi connectivity index (χ3n) is 4.24. The number of aliphatic carboxylic acids is 1. The van der Waals surface area contributed by atoms with Crippen LogP contribution in [0.15, 0.2) is 30.9 Å². The molecule has 0 spiro atoms. The van der Waals surface area contributed by atoms with Gasteiger partial charge in [-0.25, -0.2) is 4.79 Å². The average Bonchev–Trinajstić information content (AvgIpc) is 3.38. The Morgan fingerprint density at radius 1 is 1.42 bits per heavy atom. The molecule has 1 aromatic rings. The van der Waals surface area contributed by atoms with E-state index >= 15 is 0 Å². The highest BCUT2D eigenvalue weighted by Gasteiger charge is 2.46. The molecule has 6 heteroatoms. The first kappa shape index (κ1) is 17.8. The number of hydrogen-bond donors (Lipinski definition) is 2. The number of amides is 1. The number of ether oxygens (including phenoxy) is 2. The molecular weight excluding hydrogens is 310 g/mol. The van der Waals surface area contributed by atoms with Crippen LogP contribution in [0.5, 0.6) is 11.5 Å². The maximum atomic E-state index is 12.3. The smallest absolute Gasteiger partial charge is 0.326 e. The highest BCUT2D eigenvalue weighted by atomic mass is 16.5. The van der Waals surface area contributed by atoms with Gasteiger partial charge < -0.3 is 19.9 Å². The van der Waals surface area contributed by atoms with E-state index in [2.05, 4.69) is 11.9 Å². The fraction of sp³-hybridized carbons (Fsp3) is 0.444. The minimum absolute atomic E-state index is 0.0175. The molecule has 0 aromatic heterocycles. The normalized spacial score (nSPS) is 19.9. The van der Waals surface area contributed by atoms with Crippen molar-refractivity contribution in [1.82, 2.24) is 5.32 Å². The number of rotatable bonds is 9. The van der Waals surface area contributed by atoms with Gasteiger partial charge in [0.2, 0.25) is 5.91 Å². The van der Waals surface area contributed by atoms with Crippen LogP contribution in [0.25, 0.3) is 0 Å². The summed E-state index contributed by atoms with van der Waals surface area (Å²) in [5, 5.41) is 11.8. The van der Waals surface area contributed by atoms with Crippen LogP contribution in [0, 0.1) is 5.92 Å². The minimum Gasteiger partial charge on any atom is -0.497 e. The van der Waals surface area contributed by atoms with Crippen molar-refractivity contribution < 1.29 is 24.2 Å². The Bertz CT molecular complexity index is 628. The maximum Gasteiger partial charge on any atom is 0.326 e. The molecule has 3 atom stereocenters. The van der Waals surface area contributed by atoms with Crippen molar-refractivity contribution in [1.29, 1.82) is 0 Å². The Hall–Kier alpha value is -2.50. The number of carboxylic acids is 1. The number of carbonyl (C=O) groups excluding carboxylic acids is 1. The number of nitrogens with one attached hydrogen (secondary N) is 1. The summed E-state index contributed by atoms with van der Waals surface area (Å²) in [4.78, 5) is 23.6. The molecule has 0 saturated heterocycles. The maximum absolute atomic E-state index is 12.3. The fourth-order valence-corrected chi connectivity index (χ4v) is 2.78. The van der Waals surface area contributed by atoms with Crippen molar-refractivity contribution in [3.05, 3.63) is 36.4 Å². The molecule has 0 heterocycles. The predicted molar refractivity (Wildman–Crippen MR) is 89.4 cm³/mol. The third-order valence-corrected chi connectivity index (χ3v) is 4.24. The molecule has 6 nitrogen and oxygen atoms in total. The Morgan fingerprint density at radius 2 is 2.17 bits per heavy atom. The summed E-state index contributed by atoms with van der Waals surface area (Å²) in [5.74, 6) is -0.0769. The molecule has 1 aromatic carbocycles. The summed E-state index contributed by atoms with van der Waals surface area (Å²) in [6, 6.07) is 4.59. The summed E-state index contributed by atoms with van der Waals surface area (Å²) in [6.45, 7) is 3.57. The summed E-state index contributed by atoms with van der Waals surface area (Å²) in [6.07, 6.45) is 3.19. The Kier molecular flexibility index (Phi) is 5.84. The lowest BCUT2D eigenvalue weighted by atomic mass is 10.1. The number of hydrogen-bond acceptors (Lipinski definition) is 4. The van der Waals surface area contributed by atoms with E-state index in [4.69, 9.17) is 9.47 Å². The summed E-state index contributed by atoms with van der Waals surface area (Å²) >= 11 is 0. The summed E-state index contributed by atoms with van der Waals surface area (Å²) < 4.78 is 10.6. The van der Waals surface area contributed by atoms with Gasteiger partial charge in [-0.3, -0.25) is 4.79 Å². The minimum atomic E-state index is -1.03. The topological polar surface area (TPSA) is 84.9 Å². The first-order valence-electron chi connectivity index (χ1n) is 7.87. The molecule has 3 unspecified atom stereocenters. The fourth-order valence-electron chi connectivity index (χ4n) is 2.78. The Balaban J connectivity index is 2.05. The van der Waals surface area contributed by atoms with Gasteiger partial charge in [0.15, 0.2) is 0 Å². The van der Waals surface area contributed by atoms with Gasteiger partial charge in [-0.05, 0) is 37.5 Å². The van der Waals surface area contributed by atoms with Gasteiger partial charge in [-0.2, -0.15) is 0 Å². The van der Waals surface area contributed by atoms with Crippen molar-refractivity contribution >= 4 is 11.9 Å². The van der Waals surface area contributed by atoms with E-state index in [1.54, 1.807) is 26.4 Å². The largest absolute Gasteiger partial charge is 0.497 e. The molecule has 0 bridgehead atoms. The number of methoxy groups -OCH3 is 2. The van der Waals surface area contributed by atoms with Crippen molar-refractivity contribution in [3.63, 3.8) is 0 Å². The van der Waals surface area contributed by atoms with E-state index in [0.717, 1.165) is 5.56 Å². The monoisotopic (exact) mass is 333 g/mol. The standard InChI is InChI=1S/C18H23NO5/c1-4-5-6-15(18(21)22)19-17(20)14-10-12(14)13-9-11(23-2)7-8-16(13)24-3/h4,7-9,12,14-15H,1,5-6,10H2,2-3H3,(H,19,20)(H,21,22). The first-order valence-corrected chi connectivity index (χ1v) is 7.87. The van der Waals surface area contributed by atoms with Crippen LogP contribution < -0.4 is 14.8 Å². The van der Waals surface area contributed by atoms with E-state index in [-0.39, 0.29) is 17.7 Å². The molecule has 1 aliphatic rings. The lowest BCUT2D eigenvalue weighted by Crippen LogP contribution is -2.41.